The molecule has 1 unspecified atom stereocenters. The average molecular weight is 246 g/mol. The molecule has 1 atom stereocenters. The molecule has 1 aliphatic heterocycles. The smallest absolute Gasteiger partial charge is 0.0449 e. The zero-order chi connectivity index (χ0) is 12.8. The van der Waals surface area contributed by atoms with Crippen molar-refractivity contribution in [1.82, 2.24) is 10.2 Å². The average Bonchev–Trinajstić information content (AvgIpc) is 2.65. The summed E-state index contributed by atoms with van der Waals surface area (Å²) in [5.41, 5.74) is 2.84. The Morgan fingerprint density at radius 2 is 1.78 bits per heavy atom. The Labute approximate surface area is 111 Å². The van der Waals surface area contributed by atoms with E-state index in [1.165, 1.54) is 49.9 Å². The van der Waals surface area contributed by atoms with Crippen LogP contribution in [-0.2, 0) is 0 Å². The highest BCUT2D eigenvalue weighted by Gasteiger charge is 2.16. The Bertz CT molecular complexity index is 354. The van der Waals surface area contributed by atoms with Gasteiger partial charge in [-0.1, -0.05) is 37.1 Å². The van der Waals surface area contributed by atoms with Crippen molar-refractivity contribution in [2.45, 2.75) is 38.6 Å². The molecule has 2 rings (SSSR count). The fourth-order valence-corrected chi connectivity index (χ4v) is 2.90. The Kier molecular flexibility index (Phi) is 5.21. The van der Waals surface area contributed by atoms with Gasteiger partial charge < -0.3 is 10.2 Å². The number of nitrogens with one attached hydrogen (secondary N) is 1. The molecule has 1 fully saturated rings. The Hall–Kier alpha value is -0.860. The summed E-state index contributed by atoms with van der Waals surface area (Å²) >= 11 is 0. The molecule has 2 nitrogen and oxygen atoms in total. The van der Waals surface area contributed by atoms with Gasteiger partial charge in [0.2, 0.25) is 0 Å². The van der Waals surface area contributed by atoms with Gasteiger partial charge in [0, 0.05) is 12.6 Å². The third-order valence-corrected chi connectivity index (χ3v) is 4.05. The highest BCUT2D eigenvalue weighted by Crippen LogP contribution is 2.20. The predicted molar refractivity (Wildman–Crippen MR) is 77.9 cm³/mol. The van der Waals surface area contributed by atoms with E-state index in [4.69, 9.17) is 0 Å². The summed E-state index contributed by atoms with van der Waals surface area (Å²) in [6.45, 7) is 5.89. The predicted octanol–water partition coefficient (Wildman–Crippen LogP) is 3.13. The Morgan fingerprint density at radius 3 is 2.39 bits per heavy atom. The number of hydrogen-bond donors (Lipinski definition) is 1. The first-order valence-corrected chi connectivity index (χ1v) is 7.26. The molecule has 0 aliphatic carbocycles. The molecule has 0 amide bonds. The number of aryl methyl sites for hydroxylation is 1. The molecule has 0 aromatic heterocycles. The maximum Gasteiger partial charge on any atom is 0.0449 e. The second-order valence-electron chi connectivity index (χ2n) is 5.41. The van der Waals surface area contributed by atoms with Gasteiger partial charge >= 0.3 is 0 Å². The Balaban J connectivity index is 2.02. The van der Waals surface area contributed by atoms with Crippen molar-refractivity contribution in [1.29, 1.82) is 0 Å². The lowest BCUT2D eigenvalue weighted by Gasteiger charge is -2.27. The quantitative estimate of drug-likeness (QED) is 0.878. The lowest BCUT2D eigenvalue weighted by molar-refractivity contribution is 0.255. The highest BCUT2D eigenvalue weighted by molar-refractivity contribution is 5.28. The van der Waals surface area contributed by atoms with Gasteiger partial charge in [-0.25, -0.2) is 0 Å². The van der Waals surface area contributed by atoms with Crippen LogP contribution in [0.15, 0.2) is 24.3 Å². The third-order valence-electron chi connectivity index (χ3n) is 4.05. The molecule has 1 heterocycles. The van der Waals surface area contributed by atoms with Crippen LogP contribution in [0.2, 0.25) is 0 Å². The van der Waals surface area contributed by atoms with Crippen LogP contribution < -0.4 is 5.32 Å². The van der Waals surface area contributed by atoms with Crippen molar-refractivity contribution in [3.8, 4) is 0 Å². The summed E-state index contributed by atoms with van der Waals surface area (Å²) < 4.78 is 0. The van der Waals surface area contributed by atoms with Crippen LogP contribution in [0, 0.1) is 6.92 Å². The van der Waals surface area contributed by atoms with Crippen LogP contribution in [0.25, 0.3) is 0 Å². The topological polar surface area (TPSA) is 15.3 Å². The van der Waals surface area contributed by atoms with E-state index in [2.05, 4.69) is 48.5 Å². The van der Waals surface area contributed by atoms with Crippen molar-refractivity contribution in [3.05, 3.63) is 35.4 Å². The van der Waals surface area contributed by atoms with Crippen LogP contribution in [0.5, 0.6) is 0 Å². The van der Waals surface area contributed by atoms with Crippen molar-refractivity contribution >= 4 is 0 Å². The lowest BCUT2D eigenvalue weighted by atomic mass is 10.0. The zero-order valence-electron chi connectivity index (χ0n) is 11.8. The number of likely N-dealkylation sites (tertiary alicyclic amines) is 1. The van der Waals surface area contributed by atoms with Gasteiger partial charge in [0.05, 0.1) is 0 Å². The fraction of sp³-hybridized carbons (Fsp3) is 0.625. The van der Waals surface area contributed by atoms with E-state index in [9.17, 15) is 0 Å². The van der Waals surface area contributed by atoms with Gasteiger partial charge in [-0.3, -0.25) is 0 Å². The summed E-state index contributed by atoms with van der Waals surface area (Å²) in [5, 5.41) is 3.49. The Morgan fingerprint density at radius 1 is 1.11 bits per heavy atom. The summed E-state index contributed by atoms with van der Waals surface area (Å²) in [7, 11) is 2.08. The zero-order valence-corrected chi connectivity index (χ0v) is 11.8. The van der Waals surface area contributed by atoms with E-state index in [0.717, 1.165) is 6.54 Å². The van der Waals surface area contributed by atoms with E-state index in [1.807, 2.05) is 0 Å². The molecule has 0 bridgehead atoms. The first-order chi connectivity index (χ1) is 8.81. The standard InChI is InChI=1S/C16H26N2/c1-14-9-5-6-10-15(14)16(17-2)13-18-11-7-3-4-8-12-18/h5-6,9-10,16-17H,3-4,7-8,11-13H2,1-2H3. The van der Waals surface area contributed by atoms with E-state index < -0.39 is 0 Å². The van der Waals surface area contributed by atoms with Crippen LogP contribution in [0.3, 0.4) is 0 Å². The van der Waals surface area contributed by atoms with Gasteiger partial charge in [-0.2, -0.15) is 0 Å². The second kappa shape index (κ2) is 6.91. The molecule has 18 heavy (non-hydrogen) atoms. The highest BCUT2D eigenvalue weighted by atomic mass is 15.1. The van der Waals surface area contributed by atoms with Crippen LogP contribution >= 0.6 is 0 Å². The summed E-state index contributed by atoms with van der Waals surface area (Å²) in [5.74, 6) is 0. The van der Waals surface area contributed by atoms with E-state index in [0.29, 0.717) is 6.04 Å². The van der Waals surface area contributed by atoms with Crippen molar-refractivity contribution in [2.75, 3.05) is 26.7 Å². The summed E-state index contributed by atoms with van der Waals surface area (Å²) in [6.07, 6.45) is 5.55. The van der Waals surface area contributed by atoms with Crippen LogP contribution in [0.4, 0.5) is 0 Å². The molecule has 1 N–H and O–H groups in total. The summed E-state index contributed by atoms with van der Waals surface area (Å²) in [4.78, 5) is 2.63. The number of nitrogens with zero attached hydrogens (tertiary/aromatic N) is 1. The SMILES string of the molecule is CNC(CN1CCCCCC1)c1ccccc1C. The molecule has 2 heteroatoms. The van der Waals surface area contributed by atoms with Gasteiger partial charge in [0.1, 0.15) is 0 Å². The molecule has 1 aromatic carbocycles. The number of benzene rings is 1. The number of hydrogen-bond acceptors (Lipinski definition) is 2. The first-order valence-electron chi connectivity index (χ1n) is 7.26. The molecule has 0 spiro atoms. The molecule has 1 aromatic rings. The maximum absolute atomic E-state index is 3.49. The largest absolute Gasteiger partial charge is 0.312 e. The molecule has 0 saturated carbocycles. The monoisotopic (exact) mass is 246 g/mol. The van der Waals surface area contributed by atoms with Gasteiger partial charge in [-0.15, -0.1) is 0 Å². The fourth-order valence-electron chi connectivity index (χ4n) is 2.90. The van der Waals surface area contributed by atoms with Gasteiger partial charge in [0.25, 0.3) is 0 Å². The molecular weight excluding hydrogens is 220 g/mol. The van der Waals surface area contributed by atoms with Crippen molar-refractivity contribution < 1.29 is 0 Å². The molecule has 1 aliphatic rings. The maximum atomic E-state index is 3.49. The first kappa shape index (κ1) is 13.6. The van der Waals surface area contributed by atoms with Crippen LogP contribution in [0.1, 0.15) is 42.9 Å². The molecule has 100 valence electrons. The lowest BCUT2D eigenvalue weighted by Crippen LogP contribution is -2.34. The normalized spacial score (nSPS) is 19.4. The van der Waals surface area contributed by atoms with Crippen molar-refractivity contribution in [3.63, 3.8) is 0 Å². The molecular formula is C16H26N2. The number of rotatable bonds is 4. The number of likely N-dealkylation sites (N-methyl/N-ethyl adjacent to an activating group) is 1. The molecule has 1 saturated heterocycles. The van der Waals surface area contributed by atoms with Gasteiger partial charge in [-0.05, 0) is 51.0 Å². The van der Waals surface area contributed by atoms with E-state index >= 15 is 0 Å². The minimum absolute atomic E-state index is 0.462. The third kappa shape index (κ3) is 3.56. The van der Waals surface area contributed by atoms with Crippen molar-refractivity contribution in [2.24, 2.45) is 0 Å². The minimum atomic E-state index is 0.462. The van der Waals surface area contributed by atoms with E-state index in [-0.39, 0.29) is 0 Å². The van der Waals surface area contributed by atoms with Crippen LogP contribution in [-0.4, -0.2) is 31.6 Å². The summed E-state index contributed by atoms with van der Waals surface area (Å²) in [6, 6.07) is 9.20. The minimum Gasteiger partial charge on any atom is -0.312 e. The second-order valence-corrected chi connectivity index (χ2v) is 5.41. The van der Waals surface area contributed by atoms with E-state index in [1.54, 1.807) is 0 Å². The van der Waals surface area contributed by atoms with Gasteiger partial charge in [0.15, 0.2) is 0 Å². The molecule has 0 radical (unpaired) electrons.